The molecule has 0 spiro atoms. The van der Waals surface area contributed by atoms with Gasteiger partial charge in [-0.25, -0.2) is 0 Å². The Balaban J connectivity index is 1.49. The van der Waals surface area contributed by atoms with Gasteiger partial charge in [-0.1, -0.05) is 5.16 Å². The van der Waals surface area contributed by atoms with Crippen molar-refractivity contribution in [2.45, 2.75) is 12.8 Å². The summed E-state index contributed by atoms with van der Waals surface area (Å²) in [6.07, 6.45) is 1.23. The zero-order chi connectivity index (χ0) is 20.6. The van der Waals surface area contributed by atoms with Crippen LogP contribution in [0, 0.1) is 0 Å². The van der Waals surface area contributed by atoms with Crippen molar-refractivity contribution in [3.8, 4) is 28.6 Å². The largest absolute Gasteiger partial charge is 0.497 e. The van der Waals surface area contributed by atoms with Gasteiger partial charge in [0.15, 0.2) is 11.5 Å². The lowest BCUT2D eigenvalue weighted by Crippen LogP contribution is -2.24. The monoisotopic (exact) mass is 397 g/mol. The highest BCUT2D eigenvalue weighted by molar-refractivity contribution is 5.94. The van der Waals surface area contributed by atoms with Crippen LogP contribution in [-0.4, -0.2) is 43.9 Å². The third kappa shape index (κ3) is 5.04. The Morgan fingerprint density at radius 1 is 1.00 bits per heavy atom. The number of nitrogens with one attached hydrogen (secondary N) is 1. The Morgan fingerprint density at radius 2 is 1.76 bits per heavy atom. The summed E-state index contributed by atoms with van der Waals surface area (Å²) in [6, 6.07) is 12.5. The maximum Gasteiger partial charge on any atom is 0.251 e. The molecule has 3 rings (SSSR count). The molecule has 152 valence electrons. The smallest absolute Gasteiger partial charge is 0.251 e. The number of methoxy groups -OCH3 is 3. The third-order valence-corrected chi connectivity index (χ3v) is 4.32. The quantitative estimate of drug-likeness (QED) is 0.554. The van der Waals surface area contributed by atoms with Crippen LogP contribution in [0.1, 0.15) is 22.7 Å². The van der Waals surface area contributed by atoms with Gasteiger partial charge in [0, 0.05) is 24.1 Å². The van der Waals surface area contributed by atoms with Crippen LogP contribution in [0.4, 0.5) is 0 Å². The Bertz CT molecular complexity index is 953. The molecular weight excluding hydrogens is 374 g/mol. The van der Waals surface area contributed by atoms with Crippen LogP contribution in [-0.2, 0) is 6.42 Å². The molecule has 8 heteroatoms. The van der Waals surface area contributed by atoms with E-state index >= 15 is 0 Å². The molecule has 1 amide bonds. The molecule has 3 aromatic rings. The number of hydrogen-bond donors (Lipinski definition) is 1. The average molecular weight is 397 g/mol. The van der Waals surface area contributed by atoms with Gasteiger partial charge in [-0.05, 0) is 48.9 Å². The normalized spacial score (nSPS) is 10.4. The van der Waals surface area contributed by atoms with Crippen LogP contribution < -0.4 is 19.5 Å². The van der Waals surface area contributed by atoms with Crippen LogP contribution in [0.5, 0.6) is 17.2 Å². The van der Waals surface area contributed by atoms with Crippen molar-refractivity contribution < 1.29 is 23.5 Å². The maximum absolute atomic E-state index is 12.3. The molecule has 0 bridgehead atoms. The number of carbonyl (C=O) groups is 1. The minimum Gasteiger partial charge on any atom is -0.497 e. The van der Waals surface area contributed by atoms with E-state index in [1.165, 1.54) is 7.11 Å². The van der Waals surface area contributed by atoms with E-state index in [4.69, 9.17) is 18.7 Å². The summed E-state index contributed by atoms with van der Waals surface area (Å²) in [7, 11) is 4.70. The summed E-state index contributed by atoms with van der Waals surface area (Å²) >= 11 is 0. The molecule has 0 atom stereocenters. The molecule has 1 heterocycles. The molecule has 0 saturated heterocycles. The van der Waals surface area contributed by atoms with Crippen molar-refractivity contribution in [2.75, 3.05) is 27.9 Å². The first-order valence-corrected chi connectivity index (χ1v) is 9.12. The highest BCUT2D eigenvalue weighted by atomic mass is 16.5. The van der Waals surface area contributed by atoms with Crippen LogP contribution in [0.25, 0.3) is 11.4 Å². The summed E-state index contributed by atoms with van der Waals surface area (Å²) in [5.74, 6) is 2.72. The van der Waals surface area contributed by atoms with Gasteiger partial charge in [0.25, 0.3) is 5.91 Å². The van der Waals surface area contributed by atoms with Gasteiger partial charge in [0.2, 0.25) is 11.7 Å². The van der Waals surface area contributed by atoms with E-state index in [2.05, 4.69) is 15.5 Å². The van der Waals surface area contributed by atoms with E-state index in [1.807, 2.05) is 24.3 Å². The summed E-state index contributed by atoms with van der Waals surface area (Å²) in [4.78, 5) is 16.7. The van der Waals surface area contributed by atoms with Crippen molar-refractivity contribution in [1.82, 2.24) is 15.5 Å². The van der Waals surface area contributed by atoms with Crippen molar-refractivity contribution in [2.24, 2.45) is 0 Å². The van der Waals surface area contributed by atoms with Crippen LogP contribution in [0.15, 0.2) is 47.0 Å². The molecule has 8 nitrogen and oxygen atoms in total. The first-order chi connectivity index (χ1) is 14.1. The first kappa shape index (κ1) is 20.2. The zero-order valence-electron chi connectivity index (χ0n) is 16.6. The lowest BCUT2D eigenvalue weighted by molar-refractivity contribution is 0.0952. The van der Waals surface area contributed by atoms with Gasteiger partial charge < -0.3 is 24.1 Å². The second-order valence-corrected chi connectivity index (χ2v) is 6.17. The molecule has 29 heavy (non-hydrogen) atoms. The van der Waals surface area contributed by atoms with Gasteiger partial charge in [0.05, 0.1) is 21.3 Å². The van der Waals surface area contributed by atoms with E-state index < -0.39 is 0 Å². The lowest BCUT2D eigenvalue weighted by Gasteiger charge is -2.09. The number of benzene rings is 2. The molecule has 0 radical (unpaired) electrons. The fourth-order valence-electron chi connectivity index (χ4n) is 2.73. The summed E-state index contributed by atoms with van der Waals surface area (Å²) in [6.45, 7) is 0.480. The van der Waals surface area contributed by atoms with Gasteiger partial charge in [-0.15, -0.1) is 0 Å². The third-order valence-electron chi connectivity index (χ3n) is 4.32. The fourth-order valence-corrected chi connectivity index (χ4v) is 2.73. The average Bonchev–Trinajstić information content (AvgIpc) is 3.25. The highest BCUT2D eigenvalue weighted by Gasteiger charge is 2.11. The zero-order valence-corrected chi connectivity index (χ0v) is 16.6. The molecule has 1 aromatic heterocycles. The molecule has 0 fully saturated rings. The molecule has 0 aliphatic heterocycles. The number of nitrogens with zero attached hydrogens (tertiary/aromatic N) is 2. The molecule has 1 N–H and O–H groups in total. The number of ether oxygens (including phenoxy) is 3. The Kier molecular flexibility index (Phi) is 6.67. The van der Waals surface area contributed by atoms with E-state index in [9.17, 15) is 4.79 Å². The van der Waals surface area contributed by atoms with Gasteiger partial charge in [-0.3, -0.25) is 4.79 Å². The summed E-state index contributed by atoms with van der Waals surface area (Å²) in [5, 5.41) is 6.87. The van der Waals surface area contributed by atoms with Crippen molar-refractivity contribution in [3.05, 3.63) is 53.9 Å². The van der Waals surface area contributed by atoms with Gasteiger partial charge in [0.1, 0.15) is 5.75 Å². The minimum absolute atomic E-state index is 0.185. The molecule has 2 aromatic carbocycles. The topological polar surface area (TPSA) is 95.7 Å². The molecule has 0 unspecified atom stereocenters. The van der Waals surface area contributed by atoms with Crippen LogP contribution >= 0.6 is 0 Å². The van der Waals surface area contributed by atoms with E-state index in [0.717, 1.165) is 11.3 Å². The minimum atomic E-state index is -0.185. The fraction of sp³-hybridized carbons (Fsp3) is 0.286. The molecular formula is C21H23N3O5. The van der Waals surface area contributed by atoms with E-state index in [1.54, 1.807) is 32.4 Å². The van der Waals surface area contributed by atoms with E-state index in [-0.39, 0.29) is 5.91 Å². The van der Waals surface area contributed by atoms with E-state index in [0.29, 0.717) is 48.2 Å². The number of rotatable bonds is 9. The number of carbonyl (C=O) groups excluding carboxylic acids is 1. The summed E-state index contributed by atoms with van der Waals surface area (Å²) < 4.78 is 20.8. The number of aryl methyl sites for hydroxylation is 1. The molecule has 0 saturated carbocycles. The highest BCUT2D eigenvalue weighted by Crippen LogP contribution is 2.27. The maximum atomic E-state index is 12.3. The second kappa shape index (κ2) is 9.59. The Labute approximate surface area is 168 Å². The van der Waals surface area contributed by atoms with Crippen molar-refractivity contribution in [1.29, 1.82) is 0 Å². The van der Waals surface area contributed by atoms with Gasteiger partial charge in [-0.2, -0.15) is 4.98 Å². The molecule has 0 aliphatic carbocycles. The van der Waals surface area contributed by atoms with Crippen LogP contribution in [0.2, 0.25) is 0 Å². The van der Waals surface area contributed by atoms with Crippen molar-refractivity contribution in [3.63, 3.8) is 0 Å². The molecule has 0 aliphatic rings. The number of hydrogen-bond acceptors (Lipinski definition) is 7. The Hall–Kier alpha value is -3.55. The first-order valence-electron chi connectivity index (χ1n) is 9.12. The predicted molar refractivity (Wildman–Crippen MR) is 106 cm³/mol. The predicted octanol–water partition coefficient (Wildman–Crippen LogP) is 3.13. The second-order valence-electron chi connectivity index (χ2n) is 6.17. The number of aromatic nitrogens is 2. The standard InChI is InChI=1S/C21H23N3O5/c1-26-16-9-6-14(7-10-16)20-23-19(29-24-20)5-4-12-22-21(25)15-8-11-17(27-2)18(13-15)28-3/h6-11,13H,4-5,12H2,1-3H3,(H,22,25). The van der Waals surface area contributed by atoms with Crippen LogP contribution in [0.3, 0.4) is 0 Å². The van der Waals surface area contributed by atoms with Gasteiger partial charge >= 0.3 is 0 Å². The summed E-state index contributed by atoms with van der Waals surface area (Å²) in [5.41, 5.74) is 1.35. The lowest BCUT2D eigenvalue weighted by atomic mass is 10.2. The Morgan fingerprint density at radius 3 is 2.45 bits per heavy atom. The van der Waals surface area contributed by atoms with Crippen molar-refractivity contribution >= 4 is 5.91 Å². The number of amides is 1. The SMILES string of the molecule is COc1ccc(-c2noc(CCCNC(=O)c3ccc(OC)c(OC)c3)n2)cc1.